The van der Waals surface area contributed by atoms with Crippen LogP contribution in [0.4, 0.5) is 5.69 Å². The van der Waals surface area contributed by atoms with Crippen molar-refractivity contribution in [2.45, 2.75) is 13.5 Å². The van der Waals surface area contributed by atoms with Gasteiger partial charge in [-0.2, -0.15) is 0 Å². The molecule has 0 aliphatic carbocycles. The number of rotatable bonds is 3. The molecule has 5 heterocycles. The molecule has 28 heavy (non-hydrogen) atoms. The number of aromatic amines is 1. The molecule has 0 saturated carbocycles. The molecule has 0 unspecified atom stereocenters. The average Bonchev–Trinajstić information content (AvgIpc) is 2.66. The minimum absolute atomic E-state index is 0.194. The molecule has 0 saturated heterocycles. The van der Waals surface area contributed by atoms with Crippen molar-refractivity contribution in [3.8, 4) is 0 Å². The number of pyridine rings is 2. The molecule has 6 rings (SSSR count). The molecule has 142 valence electrons. The standard InChI is InChI=1S/C20H18N4O4/c1-9-12-6-10-4-5-13(12)22-17(18(9)24(2)3)19(26)23-15-11(8-25)7-21-16(14(10)15)20(27)28/h4-7,25H,8H2,1-3H3,(H,23,26)(H,27,28). The fourth-order valence-corrected chi connectivity index (χ4v) is 3.70. The molecular weight excluding hydrogens is 360 g/mol. The van der Waals surface area contributed by atoms with Crippen molar-refractivity contribution < 1.29 is 15.0 Å². The molecule has 3 N–H and O–H groups in total. The van der Waals surface area contributed by atoms with E-state index in [2.05, 4.69) is 15.0 Å². The van der Waals surface area contributed by atoms with Gasteiger partial charge in [0.25, 0.3) is 5.56 Å². The first-order valence-electron chi connectivity index (χ1n) is 8.63. The van der Waals surface area contributed by atoms with E-state index in [0.29, 0.717) is 22.2 Å². The van der Waals surface area contributed by atoms with E-state index in [9.17, 15) is 19.8 Å². The van der Waals surface area contributed by atoms with E-state index in [4.69, 9.17) is 0 Å². The molecule has 0 radical (unpaired) electrons. The van der Waals surface area contributed by atoms with Crippen molar-refractivity contribution in [3.63, 3.8) is 0 Å². The summed E-state index contributed by atoms with van der Waals surface area (Å²) in [5.41, 5.74) is 2.31. The molecule has 1 aromatic carbocycles. The highest BCUT2D eigenvalue weighted by molar-refractivity contribution is 6.11. The number of anilines is 1. The topological polar surface area (TPSA) is 119 Å². The van der Waals surface area contributed by atoms with Crippen LogP contribution in [-0.4, -0.2) is 45.2 Å². The lowest BCUT2D eigenvalue weighted by Crippen LogP contribution is -2.17. The number of aromatic nitrogens is 3. The van der Waals surface area contributed by atoms with Gasteiger partial charge in [0.2, 0.25) is 0 Å². The van der Waals surface area contributed by atoms with E-state index in [1.165, 1.54) is 6.20 Å². The van der Waals surface area contributed by atoms with Gasteiger partial charge in [0.05, 0.1) is 23.3 Å². The number of benzene rings is 1. The largest absolute Gasteiger partial charge is 0.476 e. The van der Waals surface area contributed by atoms with Gasteiger partial charge in [0, 0.05) is 36.6 Å². The van der Waals surface area contributed by atoms with Crippen LogP contribution in [0, 0.1) is 6.92 Å². The van der Waals surface area contributed by atoms with Crippen molar-refractivity contribution >= 4 is 44.4 Å². The van der Waals surface area contributed by atoms with Crippen LogP contribution >= 0.6 is 0 Å². The van der Waals surface area contributed by atoms with Gasteiger partial charge < -0.3 is 20.1 Å². The summed E-state index contributed by atoms with van der Waals surface area (Å²) in [5.74, 6) is -1.22. The zero-order valence-electron chi connectivity index (χ0n) is 15.6. The lowest BCUT2D eigenvalue weighted by molar-refractivity contribution is 0.0693. The number of aromatic carboxylic acids is 1. The smallest absolute Gasteiger partial charge is 0.355 e. The van der Waals surface area contributed by atoms with Crippen molar-refractivity contribution in [1.29, 1.82) is 0 Å². The summed E-state index contributed by atoms with van der Waals surface area (Å²) in [4.78, 5) is 38.1. The molecule has 0 aliphatic rings. The summed E-state index contributed by atoms with van der Waals surface area (Å²) >= 11 is 0. The van der Waals surface area contributed by atoms with Crippen LogP contribution < -0.4 is 10.5 Å². The molecular formula is C20H18N4O4. The second-order valence-corrected chi connectivity index (χ2v) is 6.86. The zero-order valence-corrected chi connectivity index (χ0v) is 15.6. The number of aliphatic hydroxyl groups is 1. The summed E-state index contributed by atoms with van der Waals surface area (Å²) in [6, 6.07) is 5.36. The second kappa shape index (κ2) is 6.28. The Hall–Kier alpha value is -3.52. The van der Waals surface area contributed by atoms with E-state index in [1.54, 1.807) is 12.1 Å². The van der Waals surface area contributed by atoms with E-state index in [1.807, 2.05) is 32.0 Å². The van der Waals surface area contributed by atoms with Crippen LogP contribution in [0.15, 0.2) is 29.2 Å². The number of nitrogens with one attached hydrogen (secondary N) is 1. The quantitative estimate of drug-likeness (QED) is 0.500. The molecule has 4 bridgehead atoms. The average molecular weight is 378 g/mol. The fourth-order valence-electron chi connectivity index (χ4n) is 3.70. The highest BCUT2D eigenvalue weighted by Gasteiger charge is 2.18. The maximum atomic E-state index is 13.1. The van der Waals surface area contributed by atoms with Gasteiger partial charge in [-0.05, 0) is 30.0 Å². The molecule has 0 atom stereocenters. The Morgan fingerprint density at radius 1 is 1.29 bits per heavy atom. The molecule has 5 aromatic heterocycles. The van der Waals surface area contributed by atoms with Gasteiger partial charge in [0.1, 0.15) is 0 Å². The van der Waals surface area contributed by atoms with Crippen molar-refractivity contribution in [2.24, 2.45) is 0 Å². The van der Waals surface area contributed by atoms with Crippen LogP contribution in [0.1, 0.15) is 21.6 Å². The first kappa shape index (κ1) is 17.9. The highest BCUT2D eigenvalue weighted by atomic mass is 16.4. The Morgan fingerprint density at radius 2 is 2.04 bits per heavy atom. The fraction of sp³-hybridized carbons (Fsp3) is 0.200. The monoisotopic (exact) mass is 378 g/mol. The van der Waals surface area contributed by atoms with Crippen LogP contribution in [0.2, 0.25) is 0 Å². The molecule has 0 fully saturated rings. The number of carboxylic acid groups (broad SMARTS) is 1. The lowest BCUT2D eigenvalue weighted by Gasteiger charge is -2.18. The lowest BCUT2D eigenvalue weighted by atomic mass is 10.0. The van der Waals surface area contributed by atoms with Gasteiger partial charge >= 0.3 is 5.97 Å². The highest BCUT2D eigenvalue weighted by Crippen LogP contribution is 2.32. The molecule has 8 nitrogen and oxygen atoms in total. The predicted molar refractivity (Wildman–Crippen MR) is 107 cm³/mol. The van der Waals surface area contributed by atoms with E-state index in [0.717, 1.165) is 10.9 Å². The summed E-state index contributed by atoms with van der Waals surface area (Å²) in [5, 5.41) is 21.0. The number of carbonyl (C=O) groups is 1. The van der Waals surface area contributed by atoms with Crippen molar-refractivity contribution in [3.05, 3.63) is 51.6 Å². The number of hydrogen-bond donors (Lipinski definition) is 3. The van der Waals surface area contributed by atoms with Gasteiger partial charge in [-0.1, -0.05) is 6.07 Å². The van der Waals surface area contributed by atoms with Crippen LogP contribution in [0.3, 0.4) is 0 Å². The third-order valence-electron chi connectivity index (χ3n) is 4.93. The number of fused-ring (bicyclic) bond motifs is 2. The number of H-pyrrole nitrogens is 1. The predicted octanol–water partition coefficient (Wildman–Crippen LogP) is 2.19. The van der Waals surface area contributed by atoms with Gasteiger partial charge in [-0.15, -0.1) is 0 Å². The summed E-state index contributed by atoms with van der Waals surface area (Å²) < 4.78 is 0. The molecule has 8 heteroatoms. The van der Waals surface area contributed by atoms with Crippen LogP contribution in [0.25, 0.3) is 32.7 Å². The Kier molecular flexibility index (Phi) is 4.01. The molecule has 0 amide bonds. The van der Waals surface area contributed by atoms with Gasteiger partial charge in [-0.3, -0.25) is 4.79 Å². The third-order valence-corrected chi connectivity index (χ3v) is 4.93. The van der Waals surface area contributed by atoms with E-state index < -0.39 is 18.1 Å². The summed E-state index contributed by atoms with van der Waals surface area (Å²) in [6.45, 7) is 1.51. The normalized spacial score (nSPS) is 11.4. The third kappa shape index (κ3) is 2.49. The molecule has 0 spiro atoms. The van der Waals surface area contributed by atoms with Gasteiger partial charge in [-0.25, -0.2) is 14.8 Å². The van der Waals surface area contributed by atoms with Crippen molar-refractivity contribution in [1.82, 2.24) is 15.0 Å². The van der Waals surface area contributed by atoms with Gasteiger partial charge in [0.15, 0.2) is 11.2 Å². The number of aryl methyl sites for hydroxylation is 1. The first-order chi connectivity index (χ1) is 13.3. The Morgan fingerprint density at radius 3 is 2.68 bits per heavy atom. The molecule has 0 aliphatic heterocycles. The van der Waals surface area contributed by atoms with Crippen LogP contribution in [0.5, 0.6) is 0 Å². The summed E-state index contributed by atoms with van der Waals surface area (Å²) in [6.07, 6.45) is 1.26. The number of aliphatic hydroxyl groups excluding tert-OH is 1. The number of nitrogens with zero attached hydrogens (tertiary/aromatic N) is 3. The Bertz CT molecular complexity index is 1340. The number of carboxylic acids is 1. The van der Waals surface area contributed by atoms with E-state index in [-0.39, 0.29) is 22.1 Å². The maximum Gasteiger partial charge on any atom is 0.355 e. The summed E-state index contributed by atoms with van der Waals surface area (Å²) in [7, 11) is 3.67. The minimum atomic E-state index is -1.22. The maximum absolute atomic E-state index is 13.1. The Labute approximate surface area is 159 Å². The molecule has 6 aromatic rings. The van der Waals surface area contributed by atoms with E-state index >= 15 is 0 Å². The second-order valence-electron chi connectivity index (χ2n) is 6.86. The van der Waals surface area contributed by atoms with Crippen molar-refractivity contribution in [2.75, 3.05) is 19.0 Å². The SMILES string of the molecule is Cc1c(N(C)C)c2nc3ccc(cc13)c1c(C(=O)O)ncc(CO)c1[nH]c2=O. The zero-order chi connectivity index (χ0) is 20.2. The van der Waals surface area contributed by atoms with Crippen LogP contribution in [-0.2, 0) is 6.61 Å². The first-order valence-corrected chi connectivity index (χ1v) is 8.63. The minimum Gasteiger partial charge on any atom is -0.476 e. The Balaban J connectivity index is 2.43. The number of hydrogen-bond acceptors (Lipinski definition) is 6.